The Bertz CT molecular complexity index is 468. The number of hydrogen-bond donors (Lipinski definition) is 1. The molecule has 72 valence electrons. The molecule has 0 radical (unpaired) electrons. The number of nitrogens with zero attached hydrogens (tertiary/aromatic N) is 2. The van der Waals surface area contributed by atoms with Crippen LogP contribution in [0, 0.1) is 6.92 Å². The lowest BCUT2D eigenvalue weighted by Gasteiger charge is -2.22. The largest absolute Gasteiger partial charge is 0.340 e. The van der Waals surface area contributed by atoms with Crippen molar-refractivity contribution in [3.63, 3.8) is 0 Å². The number of pyridine rings is 1. The summed E-state index contributed by atoms with van der Waals surface area (Å²) >= 11 is 0. The molecule has 1 aliphatic carbocycles. The van der Waals surface area contributed by atoms with Crippen LogP contribution in [0.25, 0.3) is 11.2 Å². The van der Waals surface area contributed by atoms with E-state index in [9.17, 15) is 0 Å². The first-order chi connectivity index (χ1) is 6.83. The zero-order valence-electron chi connectivity index (χ0n) is 8.25. The Hall–Kier alpha value is -1.38. The third-order valence-electron chi connectivity index (χ3n) is 3.00. The molecule has 0 spiro atoms. The Morgan fingerprint density at radius 3 is 2.86 bits per heavy atom. The highest BCUT2D eigenvalue weighted by Gasteiger charge is 2.22. The van der Waals surface area contributed by atoms with Gasteiger partial charge in [0.05, 0.1) is 5.52 Å². The Balaban J connectivity index is 2.10. The fourth-order valence-corrected chi connectivity index (χ4v) is 1.88. The van der Waals surface area contributed by atoms with Crippen molar-refractivity contribution in [1.82, 2.24) is 15.0 Å². The van der Waals surface area contributed by atoms with Crippen molar-refractivity contribution in [1.29, 1.82) is 0 Å². The molecule has 0 bridgehead atoms. The Morgan fingerprint density at radius 1 is 1.29 bits per heavy atom. The third kappa shape index (κ3) is 1.12. The van der Waals surface area contributed by atoms with E-state index in [4.69, 9.17) is 0 Å². The zero-order valence-corrected chi connectivity index (χ0v) is 8.25. The van der Waals surface area contributed by atoms with Crippen LogP contribution in [0.2, 0.25) is 0 Å². The molecule has 2 aromatic rings. The summed E-state index contributed by atoms with van der Waals surface area (Å²) in [6.45, 7) is 2.00. The summed E-state index contributed by atoms with van der Waals surface area (Å²) in [5.41, 5.74) is 2.97. The van der Waals surface area contributed by atoms with E-state index < -0.39 is 0 Å². The molecule has 0 amide bonds. The number of aryl methyl sites for hydroxylation is 1. The molecule has 0 aromatic carbocycles. The van der Waals surface area contributed by atoms with Crippen molar-refractivity contribution in [3.05, 3.63) is 23.7 Å². The van der Waals surface area contributed by atoms with Crippen LogP contribution in [0.5, 0.6) is 0 Å². The molecule has 2 heterocycles. The molecule has 2 aromatic heterocycles. The minimum absolute atomic E-state index is 0.657. The van der Waals surface area contributed by atoms with Gasteiger partial charge in [0, 0.05) is 11.6 Å². The van der Waals surface area contributed by atoms with E-state index in [1.807, 2.05) is 13.0 Å². The smallest absolute Gasteiger partial charge is 0.177 e. The van der Waals surface area contributed by atoms with Gasteiger partial charge in [0.2, 0.25) is 0 Å². The number of H-pyrrole nitrogens is 1. The monoisotopic (exact) mass is 187 g/mol. The van der Waals surface area contributed by atoms with Crippen LogP contribution in [0.1, 0.15) is 36.7 Å². The second-order valence-corrected chi connectivity index (χ2v) is 4.07. The summed E-state index contributed by atoms with van der Waals surface area (Å²) in [6.07, 6.45) is 3.89. The average Bonchev–Trinajstić information content (AvgIpc) is 2.43. The molecular formula is C11H13N3. The number of rotatable bonds is 1. The molecule has 1 N–H and O–H groups in total. The standard InChI is InChI=1S/C11H13N3/c1-7-5-6-9-11(12-7)14-10(13-9)8-3-2-4-8/h5-6,8H,2-4H2,1H3,(H,12,13,14). The number of aromatic amines is 1. The molecule has 14 heavy (non-hydrogen) atoms. The molecule has 0 atom stereocenters. The van der Waals surface area contributed by atoms with Gasteiger partial charge in [-0.15, -0.1) is 0 Å². The molecule has 1 fully saturated rings. The maximum absolute atomic E-state index is 4.53. The molecule has 3 nitrogen and oxygen atoms in total. The van der Waals surface area contributed by atoms with E-state index in [1.165, 1.54) is 19.3 Å². The lowest BCUT2D eigenvalue weighted by Crippen LogP contribution is -2.10. The minimum atomic E-state index is 0.657. The van der Waals surface area contributed by atoms with Gasteiger partial charge in [0.15, 0.2) is 5.65 Å². The van der Waals surface area contributed by atoms with Crippen LogP contribution in [0.3, 0.4) is 0 Å². The fourth-order valence-electron chi connectivity index (χ4n) is 1.88. The zero-order chi connectivity index (χ0) is 9.54. The maximum Gasteiger partial charge on any atom is 0.177 e. The van der Waals surface area contributed by atoms with Crippen LogP contribution in [0.4, 0.5) is 0 Å². The highest BCUT2D eigenvalue weighted by molar-refractivity contribution is 5.70. The number of nitrogens with one attached hydrogen (secondary N) is 1. The van der Waals surface area contributed by atoms with Crippen molar-refractivity contribution in [2.75, 3.05) is 0 Å². The maximum atomic E-state index is 4.53. The summed E-state index contributed by atoms with van der Waals surface area (Å²) in [5.74, 6) is 1.79. The highest BCUT2D eigenvalue weighted by Crippen LogP contribution is 2.35. The third-order valence-corrected chi connectivity index (χ3v) is 3.00. The number of hydrogen-bond acceptors (Lipinski definition) is 2. The summed E-state index contributed by atoms with van der Waals surface area (Å²) in [5, 5.41) is 0. The van der Waals surface area contributed by atoms with Crippen molar-refractivity contribution in [2.24, 2.45) is 0 Å². The molecule has 1 aliphatic rings. The average molecular weight is 187 g/mol. The number of fused-ring (bicyclic) bond motifs is 1. The van der Waals surface area contributed by atoms with Crippen molar-refractivity contribution in [2.45, 2.75) is 32.1 Å². The van der Waals surface area contributed by atoms with Gasteiger partial charge in [-0.1, -0.05) is 6.42 Å². The van der Waals surface area contributed by atoms with E-state index in [-0.39, 0.29) is 0 Å². The van der Waals surface area contributed by atoms with Crippen LogP contribution in [-0.2, 0) is 0 Å². The van der Waals surface area contributed by atoms with Crippen LogP contribution >= 0.6 is 0 Å². The van der Waals surface area contributed by atoms with Crippen LogP contribution in [-0.4, -0.2) is 15.0 Å². The van der Waals surface area contributed by atoms with Crippen LogP contribution in [0.15, 0.2) is 12.1 Å². The molecule has 0 aliphatic heterocycles. The normalized spacial score (nSPS) is 17.2. The Kier molecular flexibility index (Phi) is 1.60. The summed E-state index contributed by atoms with van der Waals surface area (Å²) in [7, 11) is 0. The summed E-state index contributed by atoms with van der Waals surface area (Å²) < 4.78 is 0. The van der Waals surface area contributed by atoms with Gasteiger partial charge in [-0.25, -0.2) is 9.97 Å². The minimum Gasteiger partial charge on any atom is -0.340 e. The van der Waals surface area contributed by atoms with Gasteiger partial charge < -0.3 is 4.98 Å². The predicted octanol–water partition coefficient (Wildman–Crippen LogP) is 2.53. The Labute approximate surface area is 82.6 Å². The van der Waals surface area contributed by atoms with E-state index in [0.29, 0.717) is 5.92 Å². The van der Waals surface area contributed by atoms with Gasteiger partial charge in [-0.2, -0.15) is 0 Å². The van der Waals surface area contributed by atoms with Gasteiger partial charge in [-0.05, 0) is 31.9 Å². The molecule has 1 saturated carbocycles. The summed E-state index contributed by atoms with van der Waals surface area (Å²) in [4.78, 5) is 12.3. The topological polar surface area (TPSA) is 41.6 Å². The van der Waals surface area contributed by atoms with Gasteiger partial charge in [0.25, 0.3) is 0 Å². The first kappa shape index (κ1) is 7.97. The molecule has 3 heteroatoms. The van der Waals surface area contributed by atoms with E-state index in [0.717, 1.165) is 22.7 Å². The van der Waals surface area contributed by atoms with E-state index in [2.05, 4.69) is 21.0 Å². The first-order valence-electron chi connectivity index (χ1n) is 5.16. The van der Waals surface area contributed by atoms with Crippen molar-refractivity contribution in [3.8, 4) is 0 Å². The predicted molar refractivity (Wildman–Crippen MR) is 55.2 cm³/mol. The second-order valence-electron chi connectivity index (χ2n) is 4.07. The van der Waals surface area contributed by atoms with E-state index >= 15 is 0 Å². The van der Waals surface area contributed by atoms with Crippen LogP contribution < -0.4 is 0 Å². The highest BCUT2D eigenvalue weighted by atomic mass is 15.0. The van der Waals surface area contributed by atoms with Gasteiger partial charge >= 0.3 is 0 Å². The SMILES string of the molecule is Cc1ccc2[nH]c(C3CCC3)nc2n1. The molecule has 3 rings (SSSR count). The van der Waals surface area contributed by atoms with E-state index in [1.54, 1.807) is 0 Å². The van der Waals surface area contributed by atoms with Crippen molar-refractivity contribution < 1.29 is 0 Å². The number of imidazole rings is 1. The second kappa shape index (κ2) is 2.80. The summed E-state index contributed by atoms with van der Waals surface area (Å²) in [6, 6.07) is 4.08. The lowest BCUT2D eigenvalue weighted by atomic mass is 9.85. The fraction of sp³-hybridized carbons (Fsp3) is 0.455. The molecular weight excluding hydrogens is 174 g/mol. The lowest BCUT2D eigenvalue weighted by molar-refractivity contribution is 0.404. The van der Waals surface area contributed by atoms with Gasteiger partial charge in [0.1, 0.15) is 5.82 Å². The molecule has 0 unspecified atom stereocenters. The number of aromatic nitrogens is 3. The quantitative estimate of drug-likeness (QED) is 0.745. The Morgan fingerprint density at radius 2 is 2.14 bits per heavy atom. The van der Waals surface area contributed by atoms with Crippen molar-refractivity contribution >= 4 is 11.2 Å². The van der Waals surface area contributed by atoms with Gasteiger partial charge in [-0.3, -0.25) is 0 Å². The molecule has 0 saturated heterocycles. The first-order valence-corrected chi connectivity index (χ1v) is 5.16.